The molecule has 2 aromatic rings. The standard InChI is InChI=1S/C19H25N3O3/c23-16(13-24-12-14-5-2-1-3-6-14)11-22-10-4-7-17(22)18-20-19(25-21-18)15-8-9-15/h1-3,5-6,15-17,23H,4,7-13H2/t16-,17+/m1/s1. The van der Waals surface area contributed by atoms with Gasteiger partial charge in [-0.1, -0.05) is 35.5 Å². The quantitative estimate of drug-likeness (QED) is 0.794. The summed E-state index contributed by atoms with van der Waals surface area (Å²) in [6.07, 6.45) is 3.91. The van der Waals surface area contributed by atoms with E-state index in [9.17, 15) is 5.11 Å². The molecule has 0 bridgehead atoms. The van der Waals surface area contributed by atoms with Crippen molar-refractivity contribution in [2.24, 2.45) is 0 Å². The van der Waals surface area contributed by atoms with Crippen molar-refractivity contribution in [1.29, 1.82) is 0 Å². The number of aromatic nitrogens is 2. The normalized spacial score (nSPS) is 22.4. The second-order valence-electron chi connectivity index (χ2n) is 7.07. The van der Waals surface area contributed by atoms with Crippen LogP contribution >= 0.6 is 0 Å². The molecule has 25 heavy (non-hydrogen) atoms. The van der Waals surface area contributed by atoms with Crippen molar-refractivity contribution < 1.29 is 14.4 Å². The molecule has 0 amide bonds. The molecule has 1 aromatic heterocycles. The topological polar surface area (TPSA) is 71.6 Å². The first-order valence-corrected chi connectivity index (χ1v) is 9.17. The van der Waals surface area contributed by atoms with E-state index in [1.165, 1.54) is 0 Å². The fourth-order valence-corrected chi connectivity index (χ4v) is 3.43. The lowest BCUT2D eigenvalue weighted by Gasteiger charge is -2.24. The third-order valence-corrected chi connectivity index (χ3v) is 4.91. The van der Waals surface area contributed by atoms with Crippen LogP contribution in [0.1, 0.15) is 54.9 Å². The lowest BCUT2D eigenvalue weighted by Crippen LogP contribution is -2.35. The number of nitrogens with zero attached hydrogens (tertiary/aromatic N) is 3. The van der Waals surface area contributed by atoms with E-state index in [2.05, 4.69) is 15.0 Å². The van der Waals surface area contributed by atoms with Gasteiger partial charge in [0, 0.05) is 12.5 Å². The van der Waals surface area contributed by atoms with Crippen LogP contribution in [0.4, 0.5) is 0 Å². The molecule has 6 heteroatoms. The Labute approximate surface area is 147 Å². The van der Waals surface area contributed by atoms with E-state index in [1.54, 1.807) is 0 Å². The molecule has 134 valence electrons. The summed E-state index contributed by atoms with van der Waals surface area (Å²) in [6, 6.07) is 10.2. The predicted octanol–water partition coefficient (Wildman–Crippen LogP) is 2.66. The van der Waals surface area contributed by atoms with Crippen molar-refractivity contribution in [3.05, 3.63) is 47.6 Å². The molecule has 1 aliphatic carbocycles. The highest BCUT2D eigenvalue weighted by Crippen LogP contribution is 2.40. The molecule has 0 unspecified atom stereocenters. The van der Waals surface area contributed by atoms with E-state index in [-0.39, 0.29) is 6.04 Å². The number of ether oxygens (including phenoxy) is 1. The van der Waals surface area contributed by atoms with Gasteiger partial charge in [0.15, 0.2) is 5.82 Å². The Kier molecular flexibility index (Phi) is 5.10. The Hall–Kier alpha value is -1.76. The maximum Gasteiger partial charge on any atom is 0.229 e. The van der Waals surface area contributed by atoms with Crippen molar-refractivity contribution >= 4 is 0 Å². The van der Waals surface area contributed by atoms with Gasteiger partial charge in [0.2, 0.25) is 5.89 Å². The number of benzene rings is 1. The molecule has 4 rings (SSSR count). The van der Waals surface area contributed by atoms with Crippen LogP contribution in [0.15, 0.2) is 34.9 Å². The molecule has 1 saturated carbocycles. The summed E-state index contributed by atoms with van der Waals surface area (Å²) in [5.74, 6) is 2.04. The second-order valence-corrected chi connectivity index (χ2v) is 7.07. The van der Waals surface area contributed by atoms with E-state index < -0.39 is 6.10 Å². The lowest BCUT2D eigenvalue weighted by molar-refractivity contribution is 0.00710. The van der Waals surface area contributed by atoms with Gasteiger partial charge in [-0.15, -0.1) is 0 Å². The molecule has 2 fully saturated rings. The zero-order valence-electron chi connectivity index (χ0n) is 14.4. The number of aliphatic hydroxyl groups excluding tert-OH is 1. The molecule has 0 radical (unpaired) electrons. The van der Waals surface area contributed by atoms with Crippen molar-refractivity contribution in [3.63, 3.8) is 0 Å². The zero-order chi connectivity index (χ0) is 17.1. The van der Waals surface area contributed by atoms with Crippen LogP contribution in [0.2, 0.25) is 0 Å². The Morgan fingerprint density at radius 1 is 1.24 bits per heavy atom. The number of likely N-dealkylation sites (tertiary alicyclic amines) is 1. The van der Waals surface area contributed by atoms with E-state index in [0.29, 0.717) is 25.7 Å². The van der Waals surface area contributed by atoms with Crippen LogP contribution in [0, 0.1) is 0 Å². The summed E-state index contributed by atoms with van der Waals surface area (Å²) in [5, 5.41) is 14.5. The number of β-amino-alcohol motifs (C(OH)–C–C–N with tert-alkyl or cyclic N) is 1. The van der Waals surface area contributed by atoms with Gasteiger partial charge >= 0.3 is 0 Å². The molecule has 1 N–H and O–H groups in total. The number of hydrogen-bond donors (Lipinski definition) is 1. The van der Waals surface area contributed by atoms with Gasteiger partial charge in [-0.05, 0) is 37.8 Å². The van der Waals surface area contributed by atoms with Crippen LogP contribution < -0.4 is 0 Å². The summed E-state index contributed by atoms with van der Waals surface area (Å²) in [7, 11) is 0. The van der Waals surface area contributed by atoms with Gasteiger partial charge in [-0.25, -0.2) is 0 Å². The van der Waals surface area contributed by atoms with Gasteiger partial charge in [-0.3, -0.25) is 4.90 Å². The van der Waals surface area contributed by atoms with E-state index in [0.717, 1.165) is 49.5 Å². The first-order chi connectivity index (χ1) is 12.3. The fourth-order valence-electron chi connectivity index (χ4n) is 3.43. The van der Waals surface area contributed by atoms with Gasteiger partial charge in [0.05, 0.1) is 25.4 Å². The lowest BCUT2D eigenvalue weighted by atomic mass is 10.2. The van der Waals surface area contributed by atoms with Crippen LogP contribution in [-0.2, 0) is 11.3 Å². The Morgan fingerprint density at radius 3 is 2.88 bits per heavy atom. The molecule has 2 heterocycles. The SMILES string of the molecule is O[C@@H](COCc1ccccc1)CN1CCC[C@H]1c1noc(C2CC2)n1. The summed E-state index contributed by atoms with van der Waals surface area (Å²) in [5.41, 5.74) is 1.12. The molecular weight excluding hydrogens is 318 g/mol. The average molecular weight is 343 g/mol. The van der Waals surface area contributed by atoms with Gasteiger partial charge in [0.25, 0.3) is 0 Å². The first-order valence-electron chi connectivity index (χ1n) is 9.17. The molecule has 0 spiro atoms. The molecule has 1 saturated heterocycles. The fraction of sp³-hybridized carbons (Fsp3) is 0.579. The third kappa shape index (κ3) is 4.26. The first kappa shape index (κ1) is 16.7. The van der Waals surface area contributed by atoms with Crippen molar-refractivity contribution in [1.82, 2.24) is 15.0 Å². The number of rotatable bonds is 8. The van der Waals surface area contributed by atoms with Gasteiger partial charge < -0.3 is 14.4 Å². The molecule has 2 aliphatic rings. The average Bonchev–Trinajstić information content (AvgIpc) is 3.18. The maximum absolute atomic E-state index is 10.3. The van der Waals surface area contributed by atoms with Crippen molar-refractivity contribution in [2.75, 3.05) is 19.7 Å². The van der Waals surface area contributed by atoms with Gasteiger partial charge in [-0.2, -0.15) is 4.98 Å². The van der Waals surface area contributed by atoms with Crippen LogP contribution in [0.3, 0.4) is 0 Å². The zero-order valence-corrected chi connectivity index (χ0v) is 14.4. The predicted molar refractivity (Wildman–Crippen MR) is 91.9 cm³/mol. The minimum Gasteiger partial charge on any atom is -0.389 e. The Bertz CT molecular complexity index is 672. The van der Waals surface area contributed by atoms with Crippen LogP contribution in [0.5, 0.6) is 0 Å². The molecule has 6 nitrogen and oxygen atoms in total. The van der Waals surface area contributed by atoms with Crippen molar-refractivity contribution in [3.8, 4) is 0 Å². The summed E-state index contributed by atoms with van der Waals surface area (Å²) >= 11 is 0. The summed E-state index contributed by atoms with van der Waals surface area (Å²) < 4.78 is 11.0. The molecule has 1 aromatic carbocycles. The highest BCUT2D eigenvalue weighted by atomic mass is 16.5. The summed E-state index contributed by atoms with van der Waals surface area (Å²) in [4.78, 5) is 6.83. The van der Waals surface area contributed by atoms with Crippen molar-refractivity contribution in [2.45, 2.75) is 50.4 Å². The largest absolute Gasteiger partial charge is 0.389 e. The summed E-state index contributed by atoms with van der Waals surface area (Å²) in [6.45, 7) is 2.38. The number of aliphatic hydroxyl groups is 1. The van der Waals surface area contributed by atoms with E-state index >= 15 is 0 Å². The Balaban J connectivity index is 1.26. The van der Waals surface area contributed by atoms with E-state index in [4.69, 9.17) is 9.26 Å². The number of hydrogen-bond acceptors (Lipinski definition) is 6. The third-order valence-electron chi connectivity index (χ3n) is 4.91. The minimum atomic E-state index is -0.515. The van der Waals surface area contributed by atoms with E-state index in [1.807, 2.05) is 30.3 Å². The monoisotopic (exact) mass is 343 g/mol. The highest BCUT2D eigenvalue weighted by Gasteiger charge is 2.34. The molecule has 2 atom stereocenters. The highest BCUT2D eigenvalue weighted by molar-refractivity contribution is 5.13. The maximum atomic E-state index is 10.3. The van der Waals surface area contributed by atoms with Crippen LogP contribution in [-0.4, -0.2) is 45.9 Å². The molecular formula is C19H25N3O3. The second kappa shape index (κ2) is 7.64. The molecule has 1 aliphatic heterocycles. The minimum absolute atomic E-state index is 0.153. The Morgan fingerprint density at radius 2 is 2.08 bits per heavy atom. The van der Waals surface area contributed by atoms with Gasteiger partial charge in [0.1, 0.15) is 0 Å². The smallest absolute Gasteiger partial charge is 0.229 e. The van der Waals surface area contributed by atoms with Crippen LogP contribution in [0.25, 0.3) is 0 Å².